The molecule has 1 saturated carbocycles. The van der Waals surface area contributed by atoms with E-state index >= 15 is 0 Å². The molecule has 1 aliphatic rings. The van der Waals surface area contributed by atoms with Gasteiger partial charge in [-0.2, -0.15) is 0 Å². The summed E-state index contributed by atoms with van der Waals surface area (Å²) < 4.78 is 0. The van der Waals surface area contributed by atoms with Gasteiger partial charge in [0.15, 0.2) is 0 Å². The predicted molar refractivity (Wildman–Crippen MR) is 85.8 cm³/mol. The van der Waals surface area contributed by atoms with E-state index in [2.05, 4.69) is 24.1 Å². The van der Waals surface area contributed by atoms with Crippen molar-refractivity contribution in [1.29, 1.82) is 0 Å². The zero-order valence-corrected chi connectivity index (χ0v) is 13.2. The van der Waals surface area contributed by atoms with Crippen LogP contribution < -0.4 is 5.73 Å². The Morgan fingerprint density at radius 1 is 1.14 bits per heavy atom. The maximum Gasteiger partial charge on any atom is 0.236 e. The quantitative estimate of drug-likeness (QED) is 0.900. The lowest BCUT2D eigenvalue weighted by molar-refractivity contribution is -0.132. The fraction of sp³-hybridized carbons (Fsp3) is 0.588. The van der Waals surface area contributed by atoms with E-state index in [-0.39, 0.29) is 5.91 Å². The van der Waals surface area contributed by atoms with Gasteiger partial charge in [-0.3, -0.25) is 9.69 Å². The average molecular weight is 289 g/mol. The molecule has 4 nitrogen and oxygen atoms in total. The monoisotopic (exact) mass is 289 g/mol. The molecule has 1 aromatic rings. The Labute approximate surface area is 127 Å². The lowest BCUT2D eigenvalue weighted by Crippen LogP contribution is -2.44. The molecule has 0 atom stereocenters. The molecule has 1 fully saturated rings. The fourth-order valence-corrected chi connectivity index (χ4v) is 2.95. The topological polar surface area (TPSA) is 49.6 Å². The van der Waals surface area contributed by atoms with E-state index in [0.29, 0.717) is 25.2 Å². The lowest BCUT2D eigenvalue weighted by Gasteiger charge is -2.33. The maximum absolute atomic E-state index is 12.3. The van der Waals surface area contributed by atoms with Gasteiger partial charge in [0.25, 0.3) is 0 Å². The highest BCUT2D eigenvalue weighted by Crippen LogP contribution is 2.21. The van der Waals surface area contributed by atoms with Gasteiger partial charge in [0.1, 0.15) is 0 Å². The number of hydrogen-bond acceptors (Lipinski definition) is 3. The molecule has 0 aliphatic heterocycles. The standard InChI is InChI=1S/C17H27N3O/c1-19(16-10-8-15(18)9-11-16)13-17(21)20(2)12-14-6-4-3-5-7-14/h3-7,15-16H,8-13,18H2,1-2H3. The molecule has 0 spiro atoms. The molecule has 116 valence electrons. The van der Waals surface area contributed by atoms with E-state index in [1.54, 1.807) is 4.90 Å². The maximum atomic E-state index is 12.3. The van der Waals surface area contributed by atoms with Gasteiger partial charge in [-0.05, 0) is 38.3 Å². The SMILES string of the molecule is CN(Cc1ccccc1)C(=O)CN(C)C1CCC(N)CC1. The molecule has 4 heteroatoms. The second-order valence-corrected chi connectivity index (χ2v) is 6.22. The van der Waals surface area contributed by atoms with Gasteiger partial charge in [0, 0.05) is 25.7 Å². The molecule has 21 heavy (non-hydrogen) atoms. The van der Waals surface area contributed by atoms with Crippen LogP contribution in [0.1, 0.15) is 31.2 Å². The van der Waals surface area contributed by atoms with Crippen molar-refractivity contribution in [2.75, 3.05) is 20.6 Å². The van der Waals surface area contributed by atoms with Gasteiger partial charge < -0.3 is 10.6 Å². The Morgan fingerprint density at radius 2 is 1.76 bits per heavy atom. The minimum atomic E-state index is 0.177. The lowest BCUT2D eigenvalue weighted by atomic mass is 9.91. The summed E-state index contributed by atoms with van der Waals surface area (Å²) in [6, 6.07) is 11.0. The highest BCUT2D eigenvalue weighted by Gasteiger charge is 2.24. The third-order valence-corrected chi connectivity index (χ3v) is 4.44. The number of rotatable bonds is 5. The molecular weight excluding hydrogens is 262 g/mol. The summed E-state index contributed by atoms with van der Waals surface area (Å²) in [7, 11) is 3.93. The van der Waals surface area contributed by atoms with Crippen LogP contribution in [0.3, 0.4) is 0 Å². The summed E-state index contributed by atoms with van der Waals surface area (Å²) in [6.07, 6.45) is 4.35. The van der Waals surface area contributed by atoms with E-state index in [4.69, 9.17) is 5.73 Å². The number of nitrogens with zero attached hydrogens (tertiary/aromatic N) is 2. The van der Waals surface area contributed by atoms with Crippen molar-refractivity contribution in [2.45, 2.75) is 44.3 Å². The summed E-state index contributed by atoms with van der Waals surface area (Å²) in [5.41, 5.74) is 7.11. The Morgan fingerprint density at radius 3 is 2.38 bits per heavy atom. The average Bonchev–Trinajstić information content (AvgIpc) is 2.48. The zero-order chi connectivity index (χ0) is 15.2. The van der Waals surface area contributed by atoms with Crippen molar-refractivity contribution >= 4 is 5.91 Å². The van der Waals surface area contributed by atoms with Crippen molar-refractivity contribution in [3.8, 4) is 0 Å². The normalized spacial score (nSPS) is 22.3. The highest BCUT2D eigenvalue weighted by atomic mass is 16.2. The van der Waals surface area contributed by atoms with Crippen molar-refractivity contribution in [3.05, 3.63) is 35.9 Å². The number of carbonyl (C=O) groups is 1. The number of likely N-dealkylation sites (N-methyl/N-ethyl adjacent to an activating group) is 2. The van der Waals surface area contributed by atoms with Crippen LogP contribution in [0, 0.1) is 0 Å². The first-order valence-electron chi connectivity index (χ1n) is 7.80. The summed E-state index contributed by atoms with van der Waals surface area (Å²) in [6.45, 7) is 1.16. The van der Waals surface area contributed by atoms with Crippen molar-refractivity contribution in [3.63, 3.8) is 0 Å². The van der Waals surface area contributed by atoms with Crippen LogP contribution in [0.2, 0.25) is 0 Å². The first-order chi connectivity index (χ1) is 10.1. The summed E-state index contributed by atoms with van der Waals surface area (Å²) in [4.78, 5) is 16.3. The first kappa shape index (κ1) is 16.0. The van der Waals surface area contributed by atoms with E-state index in [9.17, 15) is 4.79 Å². The van der Waals surface area contributed by atoms with Crippen molar-refractivity contribution in [1.82, 2.24) is 9.80 Å². The molecule has 0 unspecified atom stereocenters. The summed E-state index contributed by atoms with van der Waals surface area (Å²) >= 11 is 0. The third kappa shape index (κ3) is 4.83. The fourth-order valence-electron chi connectivity index (χ4n) is 2.95. The third-order valence-electron chi connectivity index (χ3n) is 4.44. The molecule has 1 aliphatic carbocycles. The van der Waals surface area contributed by atoms with E-state index in [0.717, 1.165) is 25.7 Å². The summed E-state index contributed by atoms with van der Waals surface area (Å²) in [5.74, 6) is 0.177. The number of nitrogens with two attached hydrogens (primary N) is 1. The van der Waals surface area contributed by atoms with Gasteiger partial charge in [-0.25, -0.2) is 0 Å². The first-order valence-corrected chi connectivity index (χ1v) is 7.80. The van der Waals surface area contributed by atoms with E-state index in [1.165, 1.54) is 5.56 Å². The molecule has 0 aromatic heterocycles. The number of carbonyl (C=O) groups excluding carboxylic acids is 1. The van der Waals surface area contributed by atoms with Crippen LogP contribution in [0.4, 0.5) is 0 Å². The van der Waals surface area contributed by atoms with Crippen LogP contribution in [0.5, 0.6) is 0 Å². The van der Waals surface area contributed by atoms with E-state index < -0.39 is 0 Å². The Bertz CT molecular complexity index is 441. The Balaban J connectivity index is 1.80. The van der Waals surface area contributed by atoms with Crippen LogP contribution in [-0.2, 0) is 11.3 Å². The second-order valence-electron chi connectivity index (χ2n) is 6.22. The molecule has 0 heterocycles. The van der Waals surface area contributed by atoms with Gasteiger partial charge >= 0.3 is 0 Å². The molecule has 1 aromatic carbocycles. The number of benzene rings is 1. The van der Waals surface area contributed by atoms with Gasteiger partial charge in [0.05, 0.1) is 6.54 Å². The molecule has 0 saturated heterocycles. The molecular formula is C17H27N3O. The second kappa shape index (κ2) is 7.57. The molecule has 1 amide bonds. The molecule has 0 bridgehead atoms. The largest absolute Gasteiger partial charge is 0.340 e. The van der Waals surface area contributed by atoms with Crippen LogP contribution in [-0.4, -0.2) is 48.4 Å². The van der Waals surface area contributed by atoms with Crippen molar-refractivity contribution in [2.24, 2.45) is 5.73 Å². The zero-order valence-electron chi connectivity index (χ0n) is 13.2. The molecule has 2 rings (SSSR count). The van der Waals surface area contributed by atoms with Crippen LogP contribution in [0.15, 0.2) is 30.3 Å². The molecule has 2 N–H and O–H groups in total. The highest BCUT2D eigenvalue weighted by molar-refractivity contribution is 5.78. The smallest absolute Gasteiger partial charge is 0.236 e. The van der Waals surface area contributed by atoms with Crippen LogP contribution in [0.25, 0.3) is 0 Å². The van der Waals surface area contributed by atoms with E-state index in [1.807, 2.05) is 25.2 Å². The minimum Gasteiger partial charge on any atom is -0.340 e. The van der Waals surface area contributed by atoms with Gasteiger partial charge in [-0.15, -0.1) is 0 Å². The van der Waals surface area contributed by atoms with Crippen molar-refractivity contribution < 1.29 is 4.79 Å². The minimum absolute atomic E-state index is 0.177. The van der Waals surface area contributed by atoms with Gasteiger partial charge in [-0.1, -0.05) is 30.3 Å². The Kier molecular flexibility index (Phi) is 5.76. The van der Waals surface area contributed by atoms with Gasteiger partial charge in [0.2, 0.25) is 5.91 Å². The number of amides is 1. The summed E-state index contributed by atoms with van der Waals surface area (Å²) in [5, 5.41) is 0. The van der Waals surface area contributed by atoms with Crippen LogP contribution >= 0.6 is 0 Å². The Hall–Kier alpha value is -1.39. The molecule has 0 radical (unpaired) electrons. The predicted octanol–water partition coefficient (Wildman–Crippen LogP) is 1.85. The number of hydrogen-bond donors (Lipinski definition) is 1.